The number of hydrogen-bond acceptors (Lipinski definition) is 4. The molecule has 1 fully saturated rings. The highest BCUT2D eigenvalue weighted by atomic mass is 16.5. The summed E-state index contributed by atoms with van der Waals surface area (Å²) in [6.45, 7) is 6.36. The van der Waals surface area contributed by atoms with Crippen LogP contribution in [0.3, 0.4) is 0 Å². The second kappa shape index (κ2) is 13.2. The number of amides is 2. The fraction of sp³-hybridized carbons (Fsp3) is 0.517. The third-order valence-electron chi connectivity index (χ3n) is 6.74. The first-order valence-electron chi connectivity index (χ1n) is 12.9. The minimum atomic E-state index is -0.560. The van der Waals surface area contributed by atoms with Gasteiger partial charge in [0.1, 0.15) is 17.5 Å². The minimum Gasteiger partial charge on any atom is -0.497 e. The lowest BCUT2D eigenvalue weighted by Crippen LogP contribution is -2.52. The first-order valence-corrected chi connectivity index (χ1v) is 12.9. The molecule has 0 bridgehead atoms. The Labute approximate surface area is 210 Å². The van der Waals surface area contributed by atoms with Crippen molar-refractivity contribution in [2.24, 2.45) is 0 Å². The zero-order chi connectivity index (χ0) is 25.2. The zero-order valence-corrected chi connectivity index (χ0v) is 21.6. The molecule has 0 spiro atoms. The van der Waals surface area contributed by atoms with Crippen LogP contribution in [0.1, 0.15) is 76.3 Å². The number of benzene rings is 2. The highest BCUT2D eigenvalue weighted by molar-refractivity contribution is 5.88. The summed E-state index contributed by atoms with van der Waals surface area (Å²) in [7, 11) is 1.62. The summed E-state index contributed by atoms with van der Waals surface area (Å²) >= 11 is 0. The molecule has 190 valence electrons. The van der Waals surface area contributed by atoms with Crippen molar-refractivity contribution in [2.45, 2.75) is 83.8 Å². The van der Waals surface area contributed by atoms with E-state index >= 15 is 0 Å². The molecule has 6 heteroatoms. The van der Waals surface area contributed by atoms with Gasteiger partial charge in [-0.2, -0.15) is 0 Å². The summed E-state index contributed by atoms with van der Waals surface area (Å²) in [5, 5.41) is 3.21. The lowest BCUT2D eigenvalue weighted by Gasteiger charge is -2.32. The molecule has 6 nitrogen and oxygen atoms in total. The van der Waals surface area contributed by atoms with Crippen LogP contribution in [-0.2, 0) is 16.1 Å². The fourth-order valence-electron chi connectivity index (χ4n) is 4.70. The van der Waals surface area contributed by atoms with Crippen LogP contribution < -0.4 is 14.8 Å². The van der Waals surface area contributed by atoms with E-state index in [1.165, 1.54) is 6.42 Å². The molecule has 1 saturated carbocycles. The van der Waals surface area contributed by atoms with E-state index in [-0.39, 0.29) is 30.4 Å². The van der Waals surface area contributed by atoms with Gasteiger partial charge in [-0.15, -0.1) is 0 Å². The Morgan fingerprint density at radius 3 is 2.34 bits per heavy atom. The predicted molar refractivity (Wildman–Crippen MR) is 139 cm³/mol. The molecule has 2 aromatic carbocycles. The Kier molecular flexibility index (Phi) is 10.0. The molecule has 0 radical (unpaired) electrons. The van der Waals surface area contributed by atoms with Gasteiger partial charge in [0.15, 0.2) is 6.61 Å². The molecule has 0 heterocycles. The summed E-state index contributed by atoms with van der Waals surface area (Å²) in [4.78, 5) is 28.5. The van der Waals surface area contributed by atoms with Gasteiger partial charge in [-0.05, 0) is 54.5 Å². The Balaban J connectivity index is 1.78. The number of carbonyl (C=O) groups excluding carboxylic acids is 2. The average molecular weight is 481 g/mol. The van der Waals surface area contributed by atoms with Crippen LogP contribution in [-0.4, -0.2) is 42.5 Å². The number of rotatable bonds is 11. The van der Waals surface area contributed by atoms with Crippen molar-refractivity contribution in [2.75, 3.05) is 13.7 Å². The van der Waals surface area contributed by atoms with Gasteiger partial charge in [0.05, 0.1) is 7.11 Å². The predicted octanol–water partition coefficient (Wildman–Crippen LogP) is 5.45. The molecule has 0 aromatic heterocycles. The van der Waals surface area contributed by atoms with Crippen molar-refractivity contribution in [3.63, 3.8) is 0 Å². The number of methoxy groups -OCH3 is 1. The monoisotopic (exact) mass is 480 g/mol. The van der Waals surface area contributed by atoms with Crippen LogP contribution in [0, 0.1) is 0 Å². The smallest absolute Gasteiger partial charge is 0.261 e. The Morgan fingerprint density at radius 2 is 1.71 bits per heavy atom. The summed E-state index contributed by atoms with van der Waals surface area (Å²) in [5.74, 6) is 1.46. The Bertz CT molecular complexity index is 951. The van der Waals surface area contributed by atoms with Crippen molar-refractivity contribution >= 4 is 11.8 Å². The maximum absolute atomic E-state index is 13.5. The molecule has 1 aliphatic carbocycles. The van der Waals surface area contributed by atoms with Crippen molar-refractivity contribution in [3.8, 4) is 11.5 Å². The summed E-state index contributed by atoms with van der Waals surface area (Å²) in [6.07, 6.45) is 6.04. The van der Waals surface area contributed by atoms with E-state index < -0.39 is 6.04 Å². The van der Waals surface area contributed by atoms with Crippen molar-refractivity contribution in [1.82, 2.24) is 10.2 Å². The number of nitrogens with zero attached hydrogens (tertiary/aromatic N) is 1. The second-order valence-electron chi connectivity index (χ2n) is 9.62. The van der Waals surface area contributed by atoms with E-state index in [1.54, 1.807) is 12.0 Å². The quantitative estimate of drug-likeness (QED) is 0.464. The maximum Gasteiger partial charge on any atom is 0.261 e. The Morgan fingerprint density at radius 1 is 1.03 bits per heavy atom. The molecule has 1 aliphatic rings. The third-order valence-corrected chi connectivity index (χ3v) is 6.74. The van der Waals surface area contributed by atoms with Crippen molar-refractivity contribution in [3.05, 3.63) is 59.7 Å². The molecule has 1 atom stereocenters. The van der Waals surface area contributed by atoms with Crippen LogP contribution in [0.15, 0.2) is 48.5 Å². The lowest BCUT2D eigenvalue weighted by atomic mass is 9.95. The highest BCUT2D eigenvalue weighted by Crippen LogP contribution is 2.26. The van der Waals surface area contributed by atoms with Crippen LogP contribution >= 0.6 is 0 Å². The standard InChI is InChI=1S/C29H40N2O4/c1-5-26(29(33)30-23-11-7-6-8-12-23)31(19-22-15-17-24(34-4)18-16-22)28(32)20-35-27-14-10-9-13-25(27)21(2)3/h9-10,13-18,21,23,26H,5-8,11-12,19-20H2,1-4H3,(H,30,33). The van der Waals surface area contributed by atoms with Gasteiger partial charge in [0.25, 0.3) is 5.91 Å². The van der Waals surface area contributed by atoms with Gasteiger partial charge < -0.3 is 19.7 Å². The summed E-state index contributed by atoms with van der Waals surface area (Å²) < 4.78 is 11.3. The third kappa shape index (κ3) is 7.48. The van der Waals surface area contributed by atoms with Crippen LogP contribution in [0.5, 0.6) is 11.5 Å². The fourth-order valence-corrected chi connectivity index (χ4v) is 4.70. The van der Waals surface area contributed by atoms with Gasteiger partial charge in [0.2, 0.25) is 5.91 Å². The van der Waals surface area contributed by atoms with E-state index in [0.29, 0.717) is 18.7 Å². The molecule has 0 saturated heterocycles. The molecule has 3 rings (SSSR count). The largest absolute Gasteiger partial charge is 0.497 e. The molecular weight excluding hydrogens is 440 g/mol. The minimum absolute atomic E-state index is 0.0798. The molecule has 35 heavy (non-hydrogen) atoms. The van der Waals surface area contributed by atoms with Crippen LogP contribution in [0.25, 0.3) is 0 Å². The number of para-hydroxylation sites is 1. The van der Waals surface area contributed by atoms with Gasteiger partial charge in [0, 0.05) is 12.6 Å². The van der Waals surface area contributed by atoms with Gasteiger partial charge in [-0.1, -0.05) is 70.4 Å². The van der Waals surface area contributed by atoms with Crippen LogP contribution in [0.2, 0.25) is 0 Å². The van der Waals surface area contributed by atoms with E-state index in [9.17, 15) is 9.59 Å². The second-order valence-corrected chi connectivity index (χ2v) is 9.62. The molecule has 2 aromatic rings. The first-order chi connectivity index (χ1) is 16.9. The number of carbonyl (C=O) groups is 2. The summed E-state index contributed by atoms with van der Waals surface area (Å²) in [5.41, 5.74) is 2.00. The Hall–Kier alpha value is -3.02. The van der Waals surface area contributed by atoms with Gasteiger partial charge in [-0.3, -0.25) is 9.59 Å². The molecule has 1 N–H and O–H groups in total. The molecular formula is C29H40N2O4. The number of nitrogens with one attached hydrogen (secondary N) is 1. The zero-order valence-electron chi connectivity index (χ0n) is 21.6. The molecule has 1 unspecified atom stereocenters. The van der Waals surface area contributed by atoms with Crippen LogP contribution in [0.4, 0.5) is 0 Å². The molecule has 0 aliphatic heterocycles. The van der Waals surface area contributed by atoms with Crippen molar-refractivity contribution < 1.29 is 19.1 Å². The summed E-state index contributed by atoms with van der Waals surface area (Å²) in [6, 6.07) is 15.0. The highest BCUT2D eigenvalue weighted by Gasteiger charge is 2.30. The van der Waals surface area contributed by atoms with E-state index in [4.69, 9.17) is 9.47 Å². The first kappa shape index (κ1) is 26.6. The normalized spacial score (nSPS) is 14.9. The SMILES string of the molecule is CCC(C(=O)NC1CCCCC1)N(Cc1ccc(OC)cc1)C(=O)COc1ccccc1C(C)C. The van der Waals surface area contributed by atoms with Gasteiger partial charge in [-0.25, -0.2) is 0 Å². The van der Waals surface area contributed by atoms with E-state index in [0.717, 1.165) is 42.6 Å². The van der Waals surface area contributed by atoms with E-state index in [2.05, 4.69) is 19.2 Å². The lowest BCUT2D eigenvalue weighted by molar-refractivity contribution is -0.143. The molecule has 2 amide bonds. The van der Waals surface area contributed by atoms with Crippen molar-refractivity contribution in [1.29, 1.82) is 0 Å². The van der Waals surface area contributed by atoms with E-state index in [1.807, 2.05) is 55.5 Å². The topological polar surface area (TPSA) is 67.9 Å². The average Bonchev–Trinajstić information content (AvgIpc) is 2.88. The van der Waals surface area contributed by atoms with Gasteiger partial charge >= 0.3 is 0 Å². The number of ether oxygens (including phenoxy) is 2. The maximum atomic E-state index is 13.5. The number of hydrogen-bond donors (Lipinski definition) is 1.